The Morgan fingerprint density at radius 3 is 2.59 bits per heavy atom. The minimum Gasteiger partial charge on any atom is -0.493 e. The van der Waals surface area contributed by atoms with Gasteiger partial charge < -0.3 is 15.0 Å². The van der Waals surface area contributed by atoms with E-state index in [0.29, 0.717) is 6.61 Å². The number of hydrogen-bond acceptors (Lipinski definition) is 3. The van der Waals surface area contributed by atoms with Crippen LogP contribution >= 0.6 is 0 Å². The summed E-state index contributed by atoms with van der Waals surface area (Å²) < 4.78 is 5.56. The van der Waals surface area contributed by atoms with Crippen LogP contribution in [0.1, 0.15) is 30.4 Å². The number of aryl methyl sites for hydroxylation is 2. The van der Waals surface area contributed by atoms with Gasteiger partial charge in [0.1, 0.15) is 5.75 Å². The average Bonchev–Trinajstić information content (AvgIpc) is 3.03. The van der Waals surface area contributed by atoms with Crippen LogP contribution in [0.2, 0.25) is 0 Å². The summed E-state index contributed by atoms with van der Waals surface area (Å²) in [5.74, 6) is 0.612. The predicted molar refractivity (Wildman–Crippen MR) is 84.9 cm³/mol. The van der Waals surface area contributed by atoms with Gasteiger partial charge in [-0.25, -0.2) is 0 Å². The molecular weight excluding hydrogens is 280 g/mol. The van der Waals surface area contributed by atoms with Crippen molar-refractivity contribution >= 4 is 11.8 Å². The molecule has 1 aliphatic heterocycles. The van der Waals surface area contributed by atoms with Gasteiger partial charge in [0.25, 0.3) is 0 Å². The molecule has 5 nitrogen and oxygen atoms in total. The molecule has 120 valence electrons. The van der Waals surface area contributed by atoms with Gasteiger partial charge in [-0.3, -0.25) is 9.59 Å². The molecule has 1 aromatic carbocycles. The molecule has 1 aromatic rings. The van der Waals surface area contributed by atoms with Gasteiger partial charge in [0.15, 0.2) is 0 Å². The molecule has 0 unspecified atom stereocenters. The normalized spacial score (nSPS) is 14.0. The fourth-order valence-electron chi connectivity index (χ4n) is 2.41. The molecule has 5 heteroatoms. The fourth-order valence-corrected chi connectivity index (χ4v) is 2.41. The van der Waals surface area contributed by atoms with Crippen LogP contribution in [0.3, 0.4) is 0 Å². The first-order valence-corrected chi connectivity index (χ1v) is 7.81. The molecule has 0 atom stereocenters. The summed E-state index contributed by atoms with van der Waals surface area (Å²) in [5.41, 5.74) is 2.38. The second kappa shape index (κ2) is 7.82. The number of likely N-dealkylation sites (tertiary alicyclic amines) is 1. The van der Waals surface area contributed by atoms with Crippen molar-refractivity contribution < 1.29 is 14.3 Å². The third-order valence-corrected chi connectivity index (χ3v) is 3.97. The molecule has 0 radical (unpaired) electrons. The van der Waals surface area contributed by atoms with Crippen molar-refractivity contribution in [2.75, 3.05) is 26.2 Å². The number of rotatable bonds is 6. The lowest BCUT2D eigenvalue weighted by Gasteiger charge is -2.15. The molecule has 2 amide bonds. The van der Waals surface area contributed by atoms with E-state index in [4.69, 9.17) is 4.74 Å². The molecule has 1 heterocycles. The average molecular weight is 304 g/mol. The van der Waals surface area contributed by atoms with Crippen LogP contribution in [0.4, 0.5) is 0 Å². The van der Waals surface area contributed by atoms with E-state index in [-0.39, 0.29) is 24.8 Å². The largest absolute Gasteiger partial charge is 0.493 e. The van der Waals surface area contributed by atoms with E-state index in [9.17, 15) is 9.59 Å². The summed E-state index contributed by atoms with van der Waals surface area (Å²) in [6.45, 7) is 6.09. The standard InChI is InChI=1S/C17H24N2O3/c1-13-5-6-15(11-14(13)2)22-10-7-16(20)18-12-17(21)19-8-3-4-9-19/h5-6,11H,3-4,7-10,12H2,1-2H3,(H,18,20). The molecule has 22 heavy (non-hydrogen) atoms. The van der Waals surface area contributed by atoms with Crippen molar-refractivity contribution in [3.8, 4) is 5.75 Å². The van der Waals surface area contributed by atoms with Crippen LogP contribution in [0.25, 0.3) is 0 Å². The van der Waals surface area contributed by atoms with Crippen LogP contribution in [0, 0.1) is 13.8 Å². The minimum atomic E-state index is -0.156. The Kier molecular flexibility index (Phi) is 5.81. The maximum absolute atomic E-state index is 11.8. The quantitative estimate of drug-likeness (QED) is 0.872. The number of hydrogen-bond donors (Lipinski definition) is 1. The minimum absolute atomic E-state index is 0.000859. The Bertz CT molecular complexity index is 537. The monoisotopic (exact) mass is 304 g/mol. The van der Waals surface area contributed by atoms with Crippen molar-refractivity contribution in [2.24, 2.45) is 0 Å². The predicted octanol–water partition coefficient (Wildman–Crippen LogP) is 1.81. The maximum atomic E-state index is 11.8. The van der Waals surface area contributed by atoms with Crippen LogP contribution < -0.4 is 10.1 Å². The maximum Gasteiger partial charge on any atom is 0.241 e. The zero-order chi connectivity index (χ0) is 15.9. The van der Waals surface area contributed by atoms with E-state index in [1.54, 1.807) is 4.90 Å². The van der Waals surface area contributed by atoms with Crippen molar-refractivity contribution in [3.05, 3.63) is 29.3 Å². The van der Waals surface area contributed by atoms with Crippen molar-refractivity contribution in [1.29, 1.82) is 0 Å². The molecule has 1 saturated heterocycles. The number of nitrogens with one attached hydrogen (secondary N) is 1. The van der Waals surface area contributed by atoms with Crippen molar-refractivity contribution in [3.63, 3.8) is 0 Å². The highest BCUT2D eigenvalue weighted by Gasteiger charge is 2.17. The number of nitrogens with zero attached hydrogens (tertiary/aromatic N) is 1. The third kappa shape index (κ3) is 4.76. The Morgan fingerprint density at radius 1 is 1.18 bits per heavy atom. The number of amides is 2. The second-order valence-electron chi connectivity index (χ2n) is 5.71. The van der Waals surface area contributed by atoms with Crippen LogP contribution in [0.5, 0.6) is 5.75 Å². The lowest BCUT2D eigenvalue weighted by Crippen LogP contribution is -2.38. The van der Waals surface area contributed by atoms with E-state index in [0.717, 1.165) is 37.2 Å². The van der Waals surface area contributed by atoms with E-state index in [1.165, 1.54) is 5.56 Å². The molecule has 2 rings (SSSR count). The van der Waals surface area contributed by atoms with Gasteiger partial charge in [0.2, 0.25) is 11.8 Å². The summed E-state index contributed by atoms with van der Waals surface area (Å²) in [7, 11) is 0. The summed E-state index contributed by atoms with van der Waals surface area (Å²) in [6, 6.07) is 5.86. The molecule has 0 bridgehead atoms. The molecule has 0 saturated carbocycles. The number of ether oxygens (including phenoxy) is 1. The molecule has 0 aliphatic carbocycles. The van der Waals surface area contributed by atoms with Gasteiger partial charge in [-0.15, -0.1) is 0 Å². The highest BCUT2D eigenvalue weighted by Crippen LogP contribution is 2.16. The zero-order valence-corrected chi connectivity index (χ0v) is 13.4. The van der Waals surface area contributed by atoms with Crippen LogP contribution in [-0.2, 0) is 9.59 Å². The van der Waals surface area contributed by atoms with Gasteiger partial charge in [0.05, 0.1) is 19.6 Å². The number of carbonyl (C=O) groups excluding carboxylic acids is 2. The van der Waals surface area contributed by atoms with E-state index in [2.05, 4.69) is 5.32 Å². The van der Waals surface area contributed by atoms with Crippen LogP contribution in [-0.4, -0.2) is 43.0 Å². The first-order chi connectivity index (χ1) is 10.6. The lowest BCUT2D eigenvalue weighted by atomic mass is 10.1. The van der Waals surface area contributed by atoms with Crippen molar-refractivity contribution in [2.45, 2.75) is 33.1 Å². The fraction of sp³-hybridized carbons (Fsp3) is 0.529. The highest BCUT2D eigenvalue weighted by atomic mass is 16.5. The zero-order valence-electron chi connectivity index (χ0n) is 13.4. The van der Waals surface area contributed by atoms with Gasteiger partial charge in [-0.05, 0) is 49.9 Å². The SMILES string of the molecule is Cc1ccc(OCCC(=O)NCC(=O)N2CCCC2)cc1C. The third-order valence-electron chi connectivity index (χ3n) is 3.97. The first-order valence-electron chi connectivity index (χ1n) is 7.81. The summed E-state index contributed by atoms with van der Waals surface area (Å²) in [6.07, 6.45) is 2.37. The Balaban J connectivity index is 1.64. The Morgan fingerprint density at radius 2 is 1.91 bits per heavy atom. The Labute approximate surface area is 131 Å². The summed E-state index contributed by atoms with van der Waals surface area (Å²) >= 11 is 0. The first kappa shape index (κ1) is 16.3. The van der Waals surface area contributed by atoms with E-state index < -0.39 is 0 Å². The highest BCUT2D eigenvalue weighted by molar-refractivity contribution is 5.84. The molecule has 0 spiro atoms. The topological polar surface area (TPSA) is 58.6 Å². The van der Waals surface area contributed by atoms with E-state index in [1.807, 2.05) is 32.0 Å². The summed E-state index contributed by atoms with van der Waals surface area (Å²) in [5, 5.41) is 2.66. The molecule has 0 aromatic heterocycles. The molecule has 1 N–H and O–H groups in total. The number of benzene rings is 1. The lowest BCUT2D eigenvalue weighted by molar-refractivity contribution is -0.132. The summed E-state index contributed by atoms with van der Waals surface area (Å²) in [4.78, 5) is 25.3. The van der Waals surface area contributed by atoms with Gasteiger partial charge in [-0.2, -0.15) is 0 Å². The smallest absolute Gasteiger partial charge is 0.241 e. The van der Waals surface area contributed by atoms with Gasteiger partial charge in [-0.1, -0.05) is 6.07 Å². The molecule has 1 fully saturated rings. The van der Waals surface area contributed by atoms with Gasteiger partial charge >= 0.3 is 0 Å². The Hall–Kier alpha value is -2.04. The van der Waals surface area contributed by atoms with E-state index >= 15 is 0 Å². The second-order valence-corrected chi connectivity index (χ2v) is 5.71. The molecule has 1 aliphatic rings. The molecular formula is C17H24N2O3. The van der Waals surface area contributed by atoms with Crippen molar-refractivity contribution in [1.82, 2.24) is 10.2 Å². The van der Waals surface area contributed by atoms with Crippen LogP contribution in [0.15, 0.2) is 18.2 Å². The van der Waals surface area contributed by atoms with Gasteiger partial charge in [0, 0.05) is 13.1 Å². The number of carbonyl (C=O) groups is 2.